The van der Waals surface area contributed by atoms with Gasteiger partial charge in [-0.3, -0.25) is 4.79 Å². The van der Waals surface area contributed by atoms with Gasteiger partial charge in [0.15, 0.2) is 5.69 Å². The van der Waals surface area contributed by atoms with Gasteiger partial charge in [0.2, 0.25) is 0 Å². The fourth-order valence-corrected chi connectivity index (χ4v) is 1.82. The summed E-state index contributed by atoms with van der Waals surface area (Å²) in [5.41, 5.74) is 2.07. The van der Waals surface area contributed by atoms with E-state index < -0.39 is 0 Å². The lowest BCUT2D eigenvalue weighted by Crippen LogP contribution is -2.40. The van der Waals surface area contributed by atoms with Crippen LogP contribution in [0.15, 0.2) is 36.4 Å². The predicted octanol–water partition coefficient (Wildman–Crippen LogP) is 2.71. The van der Waals surface area contributed by atoms with Crippen molar-refractivity contribution in [1.29, 1.82) is 0 Å². The summed E-state index contributed by atoms with van der Waals surface area (Å²) in [6.45, 7) is 7.79. The van der Waals surface area contributed by atoms with E-state index in [2.05, 4.69) is 10.4 Å². The van der Waals surface area contributed by atoms with Crippen LogP contribution in [0.3, 0.4) is 0 Å². The zero-order valence-corrected chi connectivity index (χ0v) is 11.8. The number of hydrogen-bond donors (Lipinski definition) is 1. The number of carbonyl (C=O) groups is 1. The van der Waals surface area contributed by atoms with E-state index in [1.54, 1.807) is 10.7 Å². The van der Waals surface area contributed by atoms with Crippen molar-refractivity contribution in [2.24, 2.45) is 0 Å². The Morgan fingerprint density at radius 1 is 1.21 bits per heavy atom. The molecule has 0 unspecified atom stereocenters. The van der Waals surface area contributed by atoms with Crippen LogP contribution in [0.25, 0.3) is 5.69 Å². The van der Waals surface area contributed by atoms with E-state index >= 15 is 0 Å². The molecule has 2 rings (SSSR count). The largest absolute Gasteiger partial charge is 0.346 e. The van der Waals surface area contributed by atoms with Crippen LogP contribution in [0, 0.1) is 6.92 Å². The molecule has 1 heterocycles. The molecule has 0 fully saturated rings. The Hall–Kier alpha value is -2.10. The second-order valence-corrected chi connectivity index (χ2v) is 5.62. The summed E-state index contributed by atoms with van der Waals surface area (Å²) in [5, 5.41) is 7.28. The molecule has 19 heavy (non-hydrogen) atoms. The standard InChI is InChI=1S/C15H19N3O/c1-11-10-13(14(19)16-15(2,3)4)17-18(11)12-8-6-5-7-9-12/h5-10H,1-4H3,(H,16,19). The van der Waals surface area contributed by atoms with E-state index in [1.165, 1.54) is 0 Å². The van der Waals surface area contributed by atoms with Gasteiger partial charge in [-0.1, -0.05) is 18.2 Å². The molecule has 0 bridgehead atoms. The van der Waals surface area contributed by atoms with Crippen LogP contribution in [-0.4, -0.2) is 21.2 Å². The smallest absolute Gasteiger partial charge is 0.272 e. The van der Waals surface area contributed by atoms with E-state index in [0.29, 0.717) is 5.69 Å². The molecule has 4 nitrogen and oxygen atoms in total. The number of amides is 1. The quantitative estimate of drug-likeness (QED) is 0.899. The topological polar surface area (TPSA) is 46.9 Å². The van der Waals surface area contributed by atoms with Crippen molar-refractivity contribution in [2.75, 3.05) is 0 Å². The van der Waals surface area contributed by atoms with E-state index in [0.717, 1.165) is 11.4 Å². The molecule has 0 radical (unpaired) electrons. The summed E-state index contributed by atoms with van der Waals surface area (Å²) < 4.78 is 1.78. The number of aryl methyl sites for hydroxylation is 1. The number of nitrogens with one attached hydrogen (secondary N) is 1. The first-order valence-electron chi connectivity index (χ1n) is 6.31. The molecule has 0 aliphatic carbocycles. The van der Waals surface area contributed by atoms with Gasteiger partial charge in [0, 0.05) is 11.2 Å². The van der Waals surface area contributed by atoms with Crippen molar-refractivity contribution in [1.82, 2.24) is 15.1 Å². The Balaban J connectivity index is 2.29. The molecular formula is C15H19N3O. The lowest BCUT2D eigenvalue weighted by atomic mass is 10.1. The van der Waals surface area contributed by atoms with Gasteiger partial charge in [0.25, 0.3) is 5.91 Å². The van der Waals surface area contributed by atoms with Crippen LogP contribution in [0.4, 0.5) is 0 Å². The third-order valence-corrected chi connectivity index (χ3v) is 2.61. The zero-order chi connectivity index (χ0) is 14.0. The zero-order valence-electron chi connectivity index (χ0n) is 11.8. The van der Waals surface area contributed by atoms with E-state index in [-0.39, 0.29) is 11.4 Å². The summed E-state index contributed by atoms with van der Waals surface area (Å²) in [5.74, 6) is -0.148. The fourth-order valence-electron chi connectivity index (χ4n) is 1.82. The number of benzene rings is 1. The van der Waals surface area contributed by atoms with Crippen molar-refractivity contribution >= 4 is 5.91 Å². The lowest BCUT2D eigenvalue weighted by molar-refractivity contribution is 0.0914. The average molecular weight is 257 g/mol. The molecule has 1 amide bonds. The van der Waals surface area contributed by atoms with Gasteiger partial charge in [-0.05, 0) is 45.9 Å². The highest BCUT2D eigenvalue weighted by Gasteiger charge is 2.18. The lowest BCUT2D eigenvalue weighted by Gasteiger charge is -2.19. The van der Waals surface area contributed by atoms with Gasteiger partial charge < -0.3 is 5.32 Å². The number of hydrogen-bond acceptors (Lipinski definition) is 2. The van der Waals surface area contributed by atoms with E-state index in [9.17, 15) is 4.79 Å². The maximum Gasteiger partial charge on any atom is 0.272 e. The third-order valence-electron chi connectivity index (χ3n) is 2.61. The highest BCUT2D eigenvalue weighted by molar-refractivity contribution is 5.92. The summed E-state index contributed by atoms with van der Waals surface area (Å²) in [7, 11) is 0. The Morgan fingerprint density at radius 2 is 1.84 bits per heavy atom. The second kappa shape index (κ2) is 4.88. The molecule has 4 heteroatoms. The van der Waals surface area contributed by atoms with E-state index in [4.69, 9.17) is 0 Å². The minimum Gasteiger partial charge on any atom is -0.346 e. The first kappa shape index (κ1) is 13.3. The highest BCUT2D eigenvalue weighted by atomic mass is 16.2. The summed E-state index contributed by atoms with van der Waals surface area (Å²) in [4.78, 5) is 12.1. The molecule has 1 aromatic heterocycles. The van der Waals surface area contributed by atoms with Crippen LogP contribution in [0.5, 0.6) is 0 Å². The maximum absolute atomic E-state index is 12.1. The van der Waals surface area contributed by atoms with Crippen LogP contribution >= 0.6 is 0 Å². The SMILES string of the molecule is Cc1cc(C(=O)NC(C)(C)C)nn1-c1ccccc1. The Kier molecular flexibility index (Phi) is 3.42. The van der Waals surface area contributed by atoms with Gasteiger partial charge in [-0.2, -0.15) is 5.10 Å². The first-order chi connectivity index (χ1) is 8.87. The van der Waals surface area contributed by atoms with Crippen LogP contribution in [0.1, 0.15) is 37.0 Å². The second-order valence-electron chi connectivity index (χ2n) is 5.62. The normalized spacial score (nSPS) is 11.4. The van der Waals surface area contributed by atoms with Crippen molar-refractivity contribution in [2.45, 2.75) is 33.2 Å². The van der Waals surface area contributed by atoms with Crippen molar-refractivity contribution in [3.63, 3.8) is 0 Å². The summed E-state index contributed by atoms with van der Waals surface area (Å²) in [6.07, 6.45) is 0. The van der Waals surface area contributed by atoms with Gasteiger partial charge in [-0.25, -0.2) is 4.68 Å². The molecule has 0 aliphatic heterocycles. The van der Waals surface area contributed by atoms with Crippen LogP contribution < -0.4 is 5.32 Å². The molecule has 0 saturated carbocycles. The number of aromatic nitrogens is 2. The fraction of sp³-hybridized carbons (Fsp3) is 0.333. The van der Waals surface area contributed by atoms with Crippen molar-refractivity contribution in [3.8, 4) is 5.69 Å². The van der Waals surface area contributed by atoms with Crippen LogP contribution in [-0.2, 0) is 0 Å². The van der Waals surface area contributed by atoms with Gasteiger partial charge in [-0.15, -0.1) is 0 Å². The Bertz CT molecular complexity index is 579. The molecule has 2 aromatic rings. The van der Waals surface area contributed by atoms with Gasteiger partial charge in [0.05, 0.1) is 5.69 Å². The van der Waals surface area contributed by atoms with Gasteiger partial charge >= 0.3 is 0 Å². The number of rotatable bonds is 2. The number of para-hydroxylation sites is 1. The van der Waals surface area contributed by atoms with Gasteiger partial charge in [0.1, 0.15) is 0 Å². The number of nitrogens with zero attached hydrogens (tertiary/aromatic N) is 2. The highest BCUT2D eigenvalue weighted by Crippen LogP contribution is 2.12. The molecule has 100 valence electrons. The molecule has 0 spiro atoms. The molecule has 1 aromatic carbocycles. The summed E-state index contributed by atoms with van der Waals surface area (Å²) >= 11 is 0. The van der Waals surface area contributed by atoms with Crippen molar-refractivity contribution < 1.29 is 4.79 Å². The molecule has 0 saturated heterocycles. The first-order valence-corrected chi connectivity index (χ1v) is 6.31. The molecule has 1 N–H and O–H groups in total. The monoisotopic (exact) mass is 257 g/mol. The molecular weight excluding hydrogens is 238 g/mol. The Morgan fingerprint density at radius 3 is 2.42 bits per heavy atom. The minimum atomic E-state index is -0.262. The maximum atomic E-state index is 12.1. The summed E-state index contributed by atoms with van der Waals surface area (Å²) in [6, 6.07) is 11.6. The average Bonchev–Trinajstić information content (AvgIpc) is 2.70. The Labute approximate surface area is 113 Å². The predicted molar refractivity (Wildman–Crippen MR) is 75.5 cm³/mol. The minimum absolute atomic E-state index is 0.148. The third kappa shape index (κ3) is 3.22. The molecule has 0 aliphatic rings. The number of carbonyl (C=O) groups excluding carboxylic acids is 1. The molecule has 0 atom stereocenters. The van der Waals surface area contributed by atoms with Crippen molar-refractivity contribution in [3.05, 3.63) is 47.8 Å². The van der Waals surface area contributed by atoms with Crippen LogP contribution in [0.2, 0.25) is 0 Å². The van der Waals surface area contributed by atoms with E-state index in [1.807, 2.05) is 58.0 Å².